The van der Waals surface area contributed by atoms with Crippen molar-refractivity contribution >= 4 is 15.5 Å². The number of hydrogen-bond donors (Lipinski definition) is 0. The highest BCUT2D eigenvalue weighted by Gasteiger charge is 2.27. The van der Waals surface area contributed by atoms with E-state index in [1.807, 2.05) is 43.3 Å². The maximum Gasteiger partial charge on any atom is 0.224 e. The van der Waals surface area contributed by atoms with Gasteiger partial charge in [0.15, 0.2) is 5.03 Å². The van der Waals surface area contributed by atoms with Gasteiger partial charge in [0.2, 0.25) is 9.84 Å². The zero-order chi connectivity index (χ0) is 17.4. The molecular weight excluding hydrogens is 332 g/mol. The first-order valence-electron chi connectivity index (χ1n) is 7.91. The molecule has 2 heterocycles. The van der Waals surface area contributed by atoms with Gasteiger partial charge in [-0.15, -0.1) is 0 Å². The summed E-state index contributed by atoms with van der Waals surface area (Å²) in [5.74, 6) is 0. The second-order valence-electron chi connectivity index (χ2n) is 5.88. The fraction of sp³-hybridized carbons (Fsp3) is 0.0500. The minimum atomic E-state index is -3.72. The molecule has 0 aliphatic rings. The van der Waals surface area contributed by atoms with Crippen molar-refractivity contribution in [2.24, 2.45) is 0 Å². The molecule has 2 aromatic heterocycles. The maximum atomic E-state index is 13.4. The Morgan fingerprint density at radius 2 is 1.52 bits per heavy atom. The maximum absolute atomic E-state index is 13.4. The van der Waals surface area contributed by atoms with E-state index in [1.54, 1.807) is 47.0 Å². The van der Waals surface area contributed by atoms with Gasteiger partial charge in [0.25, 0.3) is 0 Å². The highest BCUT2D eigenvalue weighted by Crippen LogP contribution is 2.32. The van der Waals surface area contributed by atoms with Crippen LogP contribution in [0.3, 0.4) is 0 Å². The Morgan fingerprint density at radius 3 is 2.24 bits per heavy atom. The third kappa shape index (κ3) is 2.62. The molecule has 2 aromatic carbocycles. The summed E-state index contributed by atoms with van der Waals surface area (Å²) in [6.45, 7) is 1.93. The van der Waals surface area contributed by atoms with E-state index in [9.17, 15) is 8.42 Å². The first-order chi connectivity index (χ1) is 12.1. The van der Waals surface area contributed by atoms with Gasteiger partial charge in [0, 0.05) is 11.8 Å². The van der Waals surface area contributed by atoms with E-state index < -0.39 is 9.84 Å². The summed E-state index contributed by atoms with van der Waals surface area (Å²) in [6, 6.07) is 21.7. The van der Waals surface area contributed by atoms with Gasteiger partial charge in [-0.25, -0.2) is 13.4 Å². The molecule has 0 spiro atoms. The molecule has 0 atom stereocenters. The number of benzene rings is 2. The van der Waals surface area contributed by atoms with Crippen molar-refractivity contribution in [3.8, 4) is 11.3 Å². The van der Waals surface area contributed by atoms with E-state index >= 15 is 0 Å². The molecule has 4 nitrogen and oxygen atoms in total. The Balaban J connectivity index is 2.05. The smallest absolute Gasteiger partial charge is 0.224 e. The third-order valence-corrected chi connectivity index (χ3v) is 5.91. The second kappa shape index (κ2) is 5.86. The molecule has 124 valence electrons. The number of aryl methyl sites for hydroxylation is 1. The molecular formula is C20H16N2O2S. The van der Waals surface area contributed by atoms with Crippen LogP contribution in [0.2, 0.25) is 0 Å². The van der Waals surface area contributed by atoms with Crippen molar-refractivity contribution in [1.29, 1.82) is 0 Å². The lowest BCUT2D eigenvalue weighted by atomic mass is 10.2. The minimum absolute atomic E-state index is 0.193. The monoisotopic (exact) mass is 348 g/mol. The van der Waals surface area contributed by atoms with Crippen LogP contribution in [0.5, 0.6) is 0 Å². The number of rotatable bonds is 3. The van der Waals surface area contributed by atoms with Gasteiger partial charge in [0.05, 0.1) is 4.90 Å². The zero-order valence-electron chi connectivity index (χ0n) is 13.6. The highest BCUT2D eigenvalue weighted by atomic mass is 32.2. The summed E-state index contributed by atoms with van der Waals surface area (Å²) in [4.78, 5) is 4.84. The average molecular weight is 348 g/mol. The Morgan fingerprint density at radius 1 is 0.840 bits per heavy atom. The minimum Gasteiger partial charge on any atom is -0.290 e. The lowest BCUT2D eigenvalue weighted by Crippen LogP contribution is -2.07. The van der Waals surface area contributed by atoms with Gasteiger partial charge >= 0.3 is 0 Å². The van der Waals surface area contributed by atoms with Crippen molar-refractivity contribution in [2.75, 3.05) is 0 Å². The van der Waals surface area contributed by atoms with Gasteiger partial charge < -0.3 is 0 Å². The summed E-state index contributed by atoms with van der Waals surface area (Å²) in [5, 5.41) is 0.193. The van der Waals surface area contributed by atoms with Crippen molar-refractivity contribution in [3.63, 3.8) is 0 Å². The van der Waals surface area contributed by atoms with Gasteiger partial charge in [-0.05, 0) is 31.2 Å². The molecule has 4 aromatic rings. The van der Waals surface area contributed by atoms with Gasteiger partial charge in [-0.3, -0.25) is 4.40 Å². The zero-order valence-corrected chi connectivity index (χ0v) is 14.4. The molecule has 0 N–H and O–H groups in total. The number of pyridine rings is 1. The number of imidazole rings is 1. The summed E-state index contributed by atoms with van der Waals surface area (Å²) in [6.07, 6.45) is 1.73. The molecule has 0 fully saturated rings. The van der Waals surface area contributed by atoms with Crippen molar-refractivity contribution < 1.29 is 8.42 Å². The van der Waals surface area contributed by atoms with E-state index in [0.717, 1.165) is 11.1 Å². The molecule has 5 heteroatoms. The summed E-state index contributed by atoms with van der Waals surface area (Å²) < 4.78 is 28.3. The predicted octanol–water partition coefficient (Wildman–Crippen LogP) is 4.14. The Kier molecular flexibility index (Phi) is 3.66. The number of aromatic nitrogens is 2. The van der Waals surface area contributed by atoms with Gasteiger partial charge in [-0.1, -0.05) is 54.1 Å². The van der Waals surface area contributed by atoms with Crippen molar-refractivity contribution in [3.05, 3.63) is 84.6 Å². The molecule has 25 heavy (non-hydrogen) atoms. The van der Waals surface area contributed by atoms with E-state index in [2.05, 4.69) is 4.98 Å². The van der Waals surface area contributed by atoms with Gasteiger partial charge in [-0.2, -0.15) is 0 Å². The fourth-order valence-electron chi connectivity index (χ4n) is 2.84. The van der Waals surface area contributed by atoms with Crippen LogP contribution in [0.25, 0.3) is 16.9 Å². The Hall–Kier alpha value is -2.92. The van der Waals surface area contributed by atoms with Crippen LogP contribution in [0.4, 0.5) is 0 Å². The third-order valence-electron chi connectivity index (χ3n) is 4.12. The van der Waals surface area contributed by atoms with E-state index in [1.165, 1.54) is 0 Å². The molecule has 0 radical (unpaired) electrons. The van der Waals surface area contributed by atoms with Crippen LogP contribution < -0.4 is 0 Å². The first kappa shape index (κ1) is 15.6. The summed E-state index contributed by atoms with van der Waals surface area (Å²) in [5.41, 5.74) is 2.86. The first-order valence-corrected chi connectivity index (χ1v) is 9.40. The Bertz CT molecular complexity index is 1150. The number of nitrogens with zero attached hydrogens (tertiary/aromatic N) is 2. The standard InChI is InChI=1S/C20H16N2O2S/c1-15-10-12-17(13-11-15)25(23,24)20-19(16-7-3-2-4-8-16)21-18-9-5-6-14-22(18)20/h2-14H,1H3. The van der Waals surface area contributed by atoms with Crippen LogP contribution >= 0.6 is 0 Å². The summed E-state index contributed by atoms with van der Waals surface area (Å²) >= 11 is 0. The van der Waals surface area contributed by atoms with Crippen LogP contribution in [0.15, 0.2) is 88.9 Å². The molecule has 0 aliphatic heterocycles. The van der Waals surface area contributed by atoms with Gasteiger partial charge in [0.1, 0.15) is 11.3 Å². The molecule has 0 saturated heterocycles. The fourth-order valence-corrected chi connectivity index (χ4v) is 4.39. The topological polar surface area (TPSA) is 51.4 Å². The average Bonchev–Trinajstić information content (AvgIpc) is 3.03. The second-order valence-corrected chi connectivity index (χ2v) is 7.74. The molecule has 0 aliphatic carbocycles. The van der Waals surface area contributed by atoms with E-state index in [0.29, 0.717) is 11.3 Å². The Labute approximate surface area is 146 Å². The molecule has 4 rings (SSSR count). The molecule has 0 unspecified atom stereocenters. The lowest BCUT2D eigenvalue weighted by molar-refractivity contribution is 0.591. The lowest BCUT2D eigenvalue weighted by Gasteiger charge is -2.08. The van der Waals surface area contributed by atoms with Crippen LogP contribution in [0.1, 0.15) is 5.56 Å². The van der Waals surface area contributed by atoms with Crippen LogP contribution in [-0.4, -0.2) is 17.8 Å². The molecule has 0 amide bonds. The molecule has 0 bridgehead atoms. The van der Waals surface area contributed by atoms with E-state index in [4.69, 9.17) is 0 Å². The number of fused-ring (bicyclic) bond motifs is 1. The SMILES string of the molecule is Cc1ccc(S(=O)(=O)c2c(-c3ccccc3)nc3ccccn23)cc1. The number of hydrogen-bond acceptors (Lipinski definition) is 3. The highest BCUT2D eigenvalue weighted by molar-refractivity contribution is 7.91. The summed E-state index contributed by atoms with van der Waals surface area (Å²) in [7, 11) is -3.72. The van der Waals surface area contributed by atoms with E-state index in [-0.39, 0.29) is 9.92 Å². The van der Waals surface area contributed by atoms with Crippen molar-refractivity contribution in [2.45, 2.75) is 16.8 Å². The van der Waals surface area contributed by atoms with Crippen LogP contribution in [-0.2, 0) is 9.84 Å². The number of sulfone groups is 1. The van der Waals surface area contributed by atoms with Crippen LogP contribution in [0, 0.1) is 6.92 Å². The largest absolute Gasteiger partial charge is 0.290 e. The predicted molar refractivity (Wildman–Crippen MR) is 97.3 cm³/mol. The molecule has 0 saturated carbocycles. The normalized spacial score (nSPS) is 11.7. The quantitative estimate of drug-likeness (QED) is 0.559. The van der Waals surface area contributed by atoms with Crippen molar-refractivity contribution in [1.82, 2.24) is 9.38 Å².